The number of esters is 1. The third-order valence-corrected chi connectivity index (χ3v) is 4.36. The van der Waals surface area contributed by atoms with E-state index >= 15 is 0 Å². The maximum absolute atomic E-state index is 12.5. The molecule has 7 nitrogen and oxygen atoms in total. The van der Waals surface area contributed by atoms with Crippen LogP contribution in [0.25, 0.3) is 22.3 Å². The summed E-state index contributed by atoms with van der Waals surface area (Å²) in [6.07, 6.45) is -0.876. The van der Waals surface area contributed by atoms with E-state index in [9.17, 15) is 9.59 Å². The predicted octanol–water partition coefficient (Wildman–Crippen LogP) is 4.42. The van der Waals surface area contributed by atoms with Crippen molar-refractivity contribution in [2.24, 2.45) is 0 Å². The molecule has 0 aliphatic heterocycles. The van der Waals surface area contributed by atoms with Gasteiger partial charge >= 0.3 is 5.97 Å². The second kappa shape index (κ2) is 8.45. The van der Waals surface area contributed by atoms with E-state index in [1.54, 1.807) is 37.3 Å². The molecule has 1 atom stereocenters. The number of benzene rings is 2. The molecule has 0 spiro atoms. The van der Waals surface area contributed by atoms with Crippen LogP contribution in [-0.4, -0.2) is 26.5 Å². The topological polar surface area (TPSA) is 84.2 Å². The second-order valence-electron chi connectivity index (χ2n) is 6.10. The van der Waals surface area contributed by atoms with E-state index < -0.39 is 12.3 Å². The van der Waals surface area contributed by atoms with Crippen molar-refractivity contribution < 1.29 is 28.2 Å². The average Bonchev–Trinajstić information content (AvgIpc) is 2.67. The van der Waals surface area contributed by atoms with Crippen molar-refractivity contribution >= 4 is 28.5 Å². The smallest absolute Gasteiger partial charge is 0.305 e. The van der Waals surface area contributed by atoms with E-state index in [-0.39, 0.29) is 22.5 Å². The lowest BCUT2D eigenvalue weighted by molar-refractivity contribution is -0.158. The molecular weight excluding hydrogens is 400 g/mol. The van der Waals surface area contributed by atoms with Crippen molar-refractivity contribution in [3.63, 3.8) is 0 Å². The number of carbonyl (C=O) groups excluding carboxylic acids is 1. The van der Waals surface area contributed by atoms with Gasteiger partial charge in [-0.3, -0.25) is 9.59 Å². The van der Waals surface area contributed by atoms with Crippen molar-refractivity contribution in [1.29, 1.82) is 0 Å². The summed E-state index contributed by atoms with van der Waals surface area (Å²) in [6, 6.07) is 9.56. The van der Waals surface area contributed by atoms with Gasteiger partial charge in [-0.1, -0.05) is 17.7 Å². The minimum Gasteiger partial charge on any atom is -0.493 e. The van der Waals surface area contributed by atoms with Gasteiger partial charge in [-0.2, -0.15) is 0 Å². The van der Waals surface area contributed by atoms with Gasteiger partial charge in [-0.25, -0.2) is 0 Å². The highest BCUT2D eigenvalue weighted by Gasteiger charge is 2.20. The van der Waals surface area contributed by atoms with Crippen LogP contribution in [0.1, 0.15) is 13.8 Å². The number of para-hydroxylation sites is 1. The van der Waals surface area contributed by atoms with E-state index in [0.717, 1.165) is 0 Å². The van der Waals surface area contributed by atoms with Crippen LogP contribution in [0.4, 0.5) is 0 Å². The van der Waals surface area contributed by atoms with Crippen LogP contribution in [0.15, 0.2) is 45.6 Å². The van der Waals surface area contributed by atoms with Crippen LogP contribution in [-0.2, 0) is 9.53 Å². The lowest BCUT2D eigenvalue weighted by Gasteiger charge is -2.19. The number of hydrogen-bond donors (Lipinski definition) is 0. The largest absolute Gasteiger partial charge is 0.493 e. The summed E-state index contributed by atoms with van der Waals surface area (Å²) in [7, 11) is 2.92. The van der Waals surface area contributed by atoms with Crippen LogP contribution in [0, 0.1) is 0 Å². The number of fused-ring (bicyclic) bond motifs is 1. The van der Waals surface area contributed by atoms with Gasteiger partial charge in [0.05, 0.1) is 24.6 Å². The van der Waals surface area contributed by atoms with E-state index in [2.05, 4.69) is 0 Å². The summed E-state index contributed by atoms with van der Waals surface area (Å²) in [5, 5.41) is 0.698. The zero-order valence-electron chi connectivity index (χ0n) is 16.3. The fraction of sp³-hybridized carbons (Fsp3) is 0.238. The van der Waals surface area contributed by atoms with Gasteiger partial charge in [0.2, 0.25) is 12.0 Å². The standard InChI is InChI=1S/C21H19ClO7/c1-11(23)27-12(2)28-19-9-13(8-18(25-3)21(19)26-4)17-10-16(24)14-6-5-7-15(22)20(14)29-17/h5-10,12H,1-4H3. The van der Waals surface area contributed by atoms with Crippen molar-refractivity contribution in [3.8, 4) is 28.6 Å². The molecule has 0 saturated carbocycles. The normalized spacial score (nSPS) is 11.8. The van der Waals surface area contributed by atoms with Crippen LogP contribution in [0.2, 0.25) is 5.02 Å². The molecule has 0 radical (unpaired) electrons. The van der Waals surface area contributed by atoms with Gasteiger partial charge < -0.3 is 23.4 Å². The monoisotopic (exact) mass is 418 g/mol. The zero-order chi connectivity index (χ0) is 21.1. The fourth-order valence-electron chi connectivity index (χ4n) is 2.88. The molecule has 3 aromatic rings. The van der Waals surface area contributed by atoms with E-state index in [4.69, 9.17) is 35.0 Å². The summed E-state index contributed by atoms with van der Waals surface area (Å²) < 4.78 is 27.4. The first-order valence-electron chi connectivity index (χ1n) is 8.66. The van der Waals surface area contributed by atoms with Gasteiger partial charge in [-0.15, -0.1) is 0 Å². The highest BCUT2D eigenvalue weighted by molar-refractivity contribution is 6.34. The molecule has 1 heterocycles. The zero-order valence-corrected chi connectivity index (χ0v) is 17.0. The molecule has 0 amide bonds. The van der Waals surface area contributed by atoms with Crippen molar-refractivity contribution in [2.45, 2.75) is 20.1 Å². The highest BCUT2D eigenvalue weighted by atomic mass is 35.5. The predicted molar refractivity (Wildman–Crippen MR) is 108 cm³/mol. The maximum atomic E-state index is 12.5. The van der Waals surface area contributed by atoms with Gasteiger partial charge in [0.1, 0.15) is 5.76 Å². The Balaban J connectivity index is 2.16. The Kier molecular flexibility index (Phi) is 5.98. The molecule has 0 aliphatic carbocycles. The Bertz CT molecular complexity index is 1120. The first-order valence-corrected chi connectivity index (χ1v) is 9.04. The summed E-state index contributed by atoms with van der Waals surface area (Å²) >= 11 is 6.19. The Morgan fingerprint density at radius 3 is 2.48 bits per heavy atom. The van der Waals surface area contributed by atoms with Crippen LogP contribution >= 0.6 is 11.6 Å². The summed E-state index contributed by atoms with van der Waals surface area (Å²) in [4.78, 5) is 23.7. The maximum Gasteiger partial charge on any atom is 0.305 e. The lowest BCUT2D eigenvalue weighted by Crippen LogP contribution is -2.19. The number of halogens is 1. The van der Waals surface area contributed by atoms with Crippen molar-refractivity contribution in [3.05, 3.63) is 51.6 Å². The van der Waals surface area contributed by atoms with E-state index in [0.29, 0.717) is 27.5 Å². The quantitative estimate of drug-likeness (QED) is 0.432. The fourth-order valence-corrected chi connectivity index (χ4v) is 3.09. The van der Waals surface area contributed by atoms with E-state index in [1.165, 1.54) is 27.2 Å². The molecule has 3 rings (SSSR count). The summed E-state index contributed by atoms with van der Waals surface area (Å²) in [6.45, 7) is 2.84. The molecule has 0 saturated heterocycles. The minimum atomic E-state index is -0.876. The third-order valence-electron chi connectivity index (χ3n) is 4.06. The van der Waals surface area contributed by atoms with Gasteiger partial charge in [0.25, 0.3) is 0 Å². The van der Waals surface area contributed by atoms with Crippen molar-refractivity contribution in [1.82, 2.24) is 0 Å². The molecule has 0 N–H and O–H groups in total. The molecule has 2 aromatic carbocycles. The Morgan fingerprint density at radius 1 is 1.10 bits per heavy atom. The first-order chi connectivity index (χ1) is 13.8. The molecule has 8 heteroatoms. The molecule has 0 fully saturated rings. The summed E-state index contributed by atoms with van der Waals surface area (Å²) in [5.41, 5.74) is 0.531. The van der Waals surface area contributed by atoms with Gasteiger partial charge in [-0.05, 0) is 24.3 Å². The molecule has 1 aromatic heterocycles. The first kappa shape index (κ1) is 20.5. The third kappa shape index (κ3) is 4.30. The van der Waals surface area contributed by atoms with Crippen LogP contribution < -0.4 is 19.6 Å². The van der Waals surface area contributed by atoms with Crippen LogP contribution in [0.3, 0.4) is 0 Å². The molecule has 0 aliphatic rings. The number of rotatable bonds is 6. The number of methoxy groups -OCH3 is 2. The molecule has 0 bridgehead atoms. The SMILES string of the molecule is COc1cc(-c2cc(=O)c3cccc(Cl)c3o2)cc(OC(C)OC(C)=O)c1OC. The van der Waals surface area contributed by atoms with Gasteiger partial charge in [0.15, 0.2) is 22.5 Å². The summed E-state index contributed by atoms with van der Waals surface area (Å²) in [5.74, 6) is 0.669. The molecular formula is C21H19ClO7. The Hall–Kier alpha value is -3.19. The molecule has 1 unspecified atom stereocenters. The molecule has 152 valence electrons. The lowest BCUT2D eigenvalue weighted by atomic mass is 10.1. The molecule has 29 heavy (non-hydrogen) atoms. The second-order valence-corrected chi connectivity index (χ2v) is 6.50. The number of carbonyl (C=O) groups is 1. The Morgan fingerprint density at radius 2 is 1.83 bits per heavy atom. The average molecular weight is 419 g/mol. The van der Waals surface area contributed by atoms with Crippen molar-refractivity contribution in [2.75, 3.05) is 14.2 Å². The van der Waals surface area contributed by atoms with E-state index in [1.807, 2.05) is 0 Å². The number of hydrogen-bond acceptors (Lipinski definition) is 7. The van der Waals surface area contributed by atoms with Gasteiger partial charge in [0, 0.05) is 25.5 Å². The minimum absolute atomic E-state index is 0.241. The highest BCUT2D eigenvalue weighted by Crippen LogP contribution is 2.42. The Labute approximate surface area is 171 Å². The number of ether oxygens (including phenoxy) is 4. The van der Waals surface area contributed by atoms with Crippen LogP contribution in [0.5, 0.6) is 17.2 Å².